The first-order valence-corrected chi connectivity index (χ1v) is 6.71. The van der Waals surface area contributed by atoms with E-state index in [2.05, 4.69) is 10.1 Å². The van der Waals surface area contributed by atoms with Gasteiger partial charge in [-0.15, -0.1) is 0 Å². The zero-order valence-electron chi connectivity index (χ0n) is 12.8. The third kappa shape index (κ3) is 6.43. The van der Waals surface area contributed by atoms with E-state index in [4.69, 9.17) is 4.74 Å². The number of aliphatic carboxylic acids is 1. The van der Waals surface area contributed by atoms with E-state index in [1.54, 1.807) is 32.9 Å². The first kappa shape index (κ1) is 17.7. The third-order valence-electron chi connectivity index (χ3n) is 2.57. The lowest BCUT2D eigenvalue weighted by molar-refractivity contribution is -0.139. The Morgan fingerprint density at radius 3 is 2.32 bits per heavy atom. The number of benzene rings is 1. The van der Waals surface area contributed by atoms with Crippen molar-refractivity contribution in [3.63, 3.8) is 0 Å². The number of carbonyl (C=O) groups excluding carboxylic acids is 1. The van der Waals surface area contributed by atoms with Crippen LogP contribution in [0.3, 0.4) is 0 Å². The summed E-state index contributed by atoms with van der Waals surface area (Å²) in [6.07, 6.45) is -0.720. The van der Waals surface area contributed by atoms with E-state index >= 15 is 0 Å². The van der Waals surface area contributed by atoms with E-state index < -0.39 is 30.6 Å². The maximum atomic E-state index is 12.0. The molecule has 0 fully saturated rings. The first-order chi connectivity index (χ1) is 10.2. The summed E-state index contributed by atoms with van der Waals surface area (Å²) in [4.78, 5) is 22.9. The zero-order valence-corrected chi connectivity index (χ0v) is 12.8. The van der Waals surface area contributed by atoms with Crippen molar-refractivity contribution < 1.29 is 28.6 Å². The summed E-state index contributed by atoms with van der Waals surface area (Å²) in [5.74, 6) is -0.826. The SMILES string of the molecule is CC(C)(C)OC(=O)N[C@H](Cc1ccc(OCF)cc1)C(=O)O. The highest BCUT2D eigenvalue weighted by molar-refractivity contribution is 5.80. The average Bonchev–Trinajstić information content (AvgIpc) is 2.38. The summed E-state index contributed by atoms with van der Waals surface area (Å²) in [6.45, 7) is 4.13. The molecule has 0 aliphatic heterocycles. The van der Waals surface area contributed by atoms with Crippen LogP contribution < -0.4 is 10.1 Å². The Morgan fingerprint density at radius 2 is 1.86 bits per heavy atom. The van der Waals surface area contributed by atoms with Gasteiger partial charge in [0.1, 0.15) is 17.4 Å². The number of nitrogens with one attached hydrogen (secondary N) is 1. The normalized spacial score (nSPS) is 12.4. The molecule has 122 valence electrons. The molecule has 0 saturated carbocycles. The van der Waals surface area contributed by atoms with E-state index in [-0.39, 0.29) is 6.42 Å². The van der Waals surface area contributed by atoms with Crippen LogP contribution in [0.15, 0.2) is 24.3 Å². The van der Waals surface area contributed by atoms with E-state index in [0.717, 1.165) is 0 Å². The second-order valence-electron chi connectivity index (χ2n) is 5.64. The standard InChI is InChI=1S/C15H20FNO5/c1-15(2,3)22-14(20)17-12(13(18)19)8-10-4-6-11(7-5-10)21-9-16/h4-7,12H,8-9H2,1-3H3,(H,17,20)(H,18,19)/t12-/m1/s1. The van der Waals surface area contributed by atoms with Crippen LogP contribution in [0.4, 0.5) is 9.18 Å². The molecule has 0 unspecified atom stereocenters. The summed E-state index contributed by atoms with van der Waals surface area (Å²) >= 11 is 0. The van der Waals surface area contributed by atoms with Gasteiger partial charge in [0.05, 0.1) is 0 Å². The van der Waals surface area contributed by atoms with Gasteiger partial charge >= 0.3 is 12.1 Å². The van der Waals surface area contributed by atoms with Gasteiger partial charge in [0.15, 0.2) is 0 Å². The van der Waals surface area contributed by atoms with Gasteiger partial charge in [-0.3, -0.25) is 0 Å². The number of ether oxygens (including phenoxy) is 2. The van der Waals surface area contributed by atoms with Gasteiger partial charge in [0.25, 0.3) is 0 Å². The zero-order chi connectivity index (χ0) is 16.8. The Morgan fingerprint density at radius 1 is 1.27 bits per heavy atom. The van der Waals surface area contributed by atoms with Crippen LogP contribution in [0.1, 0.15) is 26.3 Å². The quantitative estimate of drug-likeness (QED) is 0.843. The Balaban J connectivity index is 2.68. The molecule has 6 nitrogen and oxygen atoms in total. The van der Waals surface area contributed by atoms with E-state index in [9.17, 15) is 19.1 Å². The summed E-state index contributed by atoms with van der Waals surface area (Å²) < 4.78 is 21.7. The minimum absolute atomic E-state index is 0.0739. The monoisotopic (exact) mass is 313 g/mol. The van der Waals surface area contributed by atoms with Crippen LogP contribution in [0.5, 0.6) is 5.75 Å². The summed E-state index contributed by atoms with van der Waals surface area (Å²) in [5, 5.41) is 11.5. The number of halogens is 1. The van der Waals surface area contributed by atoms with Gasteiger partial charge in [-0.2, -0.15) is 0 Å². The van der Waals surface area contributed by atoms with Crippen LogP contribution in [0.25, 0.3) is 0 Å². The number of alkyl carbamates (subject to hydrolysis) is 1. The van der Waals surface area contributed by atoms with Crippen LogP contribution in [0, 0.1) is 0 Å². The maximum absolute atomic E-state index is 12.0. The topological polar surface area (TPSA) is 84.9 Å². The predicted molar refractivity (Wildman–Crippen MR) is 77.5 cm³/mol. The lowest BCUT2D eigenvalue weighted by Crippen LogP contribution is -2.44. The average molecular weight is 313 g/mol. The van der Waals surface area contributed by atoms with Crippen molar-refractivity contribution in [2.24, 2.45) is 0 Å². The number of carbonyl (C=O) groups is 2. The number of amides is 1. The molecule has 0 radical (unpaired) electrons. The van der Waals surface area contributed by atoms with Crippen molar-refractivity contribution in [2.45, 2.75) is 38.8 Å². The molecule has 0 bridgehead atoms. The fourth-order valence-corrected chi connectivity index (χ4v) is 1.67. The van der Waals surface area contributed by atoms with Crippen molar-refractivity contribution >= 4 is 12.1 Å². The fourth-order valence-electron chi connectivity index (χ4n) is 1.67. The van der Waals surface area contributed by atoms with E-state index in [1.807, 2.05) is 0 Å². The number of carboxylic acid groups (broad SMARTS) is 1. The summed E-state index contributed by atoms with van der Waals surface area (Å²) in [5.41, 5.74) is -0.0481. The lowest BCUT2D eigenvalue weighted by atomic mass is 10.1. The highest BCUT2D eigenvalue weighted by Crippen LogP contribution is 2.14. The smallest absolute Gasteiger partial charge is 0.408 e. The van der Waals surface area contributed by atoms with Crippen molar-refractivity contribution in [1.82, 2.24) is 5.32 Å². The lowest BCUT2D eigenvalue weighted by Gasteiger charge is -2.22. The molecule has 0 saturated heterocycles. The minimum Gasteiger partial charge on any atom is -0.480 e. The number of rotatable bonds is 6. The van der Waals surface area contributed by atoms with Crippen molar-refractivity contribution in [3.8, 4) is 5.75 Å². The van der Waals surface area contributed by atoms with Crippen molar-refractivity contribution in [2.75, 3.05) is 6.86 Å². The molecule has 0 aliphatic rings. The van der Waals surface area contributed by atoms with Crippen LogP contribution in [0.2, 0.25) is 0 Å². The predicted octanol–water partition coefficient (Wildman–Crippen LogP) is 2.51. The number of hydrogen-bond donors (Lipinski definition) is 2. The van der Waals surface area contributed by atoms with Crippen LogP contribution >= 0.6 is 0 Å². The molecule has 0 heterocycles. The molecular weight excluding hydrogens is 293 g/mol. The molecule has 0 spiro atoms. The Hall–Kier alpha value is -2.31. The Bertz CT molecular complexity index is 510. The fraction of sp³-hybridized carbons (Fsp3) is 0.467. The molecule has 0 aromatic heterocycles. The third-order valence-corrected chi connectivity index (χ3v) is 2.57. The number of hydrogen-bond acceptors (Lipinski definition) is 4. The highest BCUT2D eigenvalue weighted by Gasteiger charge is 2.24. The van der Waals surface area contributed by atoms with Gasteiger partial charge in [0.2, 0.25) is 6.86 Å². The molecule has 22 heavy (non-hydrogen) atoms. The molecule has 1 rings (SSSR count). The second-order valence-corrected chi connectivity index (χ2v) is 5.64. The van der Waals surface area contributed by atoms with Crippen molar-refractivity contribution in [1.29, 1.82) is 0 Å². The highest BCUT2D eigenvalue weighted by atomic mass is 19.1. The van der Waals surface area contributed by atoms with E-state index in [1.165, 1.54) is 12.1 Å². The van der Waals surface area contributed by atoms with Gasteiger partial charge in [0, 0.05) is 6.42 Å². The molecule has 1 aromatic carbocycles. The minimum atomic E-state index is -1.17. The van der Waals surface area contributed by atoms with Gasteiger partial charge in [-0.1, -0.05) is 12.1 Å². The largest absolute Gasteiger partial charge is 0.480 e. The van der Waals surface area contributed by atoms with Gasteiger partial charge in [-0.05, 0) is 38.5 Å². The second kappa shape index (κ2) is 7.63. The molecule has 1 aromatic rings. The van der Waals surface area contributed by atoms with Crippen LogP contribution in [-0.4, -0.2) is 35.7 Å². The molecule has 7 heteroatoms. The molecule has 1 atom stereocenters. The summed E-state index contributed by atoms with van der Waals surface area (Å²) in [7, 11) is 0. The van der Waals surface area contributed by atoms with E-state index in [0.29, 0.717) is 11.3 Å². The Labute approximate surface area is 128 Å². The maximum Gasteiger partial charge on any atom is 0.408 e. The summed E-state index contributed by atoms with van der Waals surface area (Å²) in [6, 6.07) is 5.15. The van der Waals surface area contributed by atoms with Gasteiger partial charge < -0.3 is 19.9 Å². The first-order valence-electron chi connectivity index (χ1n) is 6.71. The number of alkyl halides is 1. The molecule has 1 amide bonds. The molecule has 2 N–H and O–H groups in total. The van der Waals surface area contributed by atoms with Crippen molar-refractivity contribution in [3.05, 3.63) is 29.8 Å². The molecule has 0 aliphatic carbocycles. The number of carboxylic acids is 1. The van der Waals surface area contributed by atoms with Gasteiger partial charge in [-0.25, -0.2) is 14.0 Å². The van der Waals surface area contributed by atoms with Crippen LogP contribution in [-0.2, 0) is 16.0 Å². The Kier molecular flexibility index (Phi) is 6.15. The molecular formula is C15H20FNO5.